The topological polar surface area (TPSA) is 12.5 Å². The average Bonchev–Trinajstić information content (AvgIpc) is 1.96. The Morgan fingerprint density at radius 1 is 1.00 bits per heavy atom. The first-order valence-electron chi connectivity index (χ1n) is 3.66. The molecule has 0 amide bonds. The van der Waals surface area contributed by atoms with E-state index in [4.69, 9.17) is 0 Å². The molecule has 0 atom stereocenters. The number of hydrogen-bond acceptors (Lipinski definition) is 2. The van der Waals surface area contributed by atoms with E-state index in [1.54, 1.807) is 0 Å². The van der Waals surface area contributed by atoms with Crippen molar-refractivity contribution in [1.82, 2.24) is 5.06 Å². The van der Waals surface area contributed by atoms with Crippen molar-refractivity contribution in [2.24, 2.45) is 0 Å². The monoisotopic (exact) mass is 237 g/mol. The van der Waals surface area contributed by atoms with E-state index in [0.717, 1.165) is 19.9 Å². The molecule has 2 nitrogen and oxygen atoms in total. The van der Waals surface area contributed by atoms with Gasteiger partial charge in [-0.25, -0.2) is 0 Å². The van der Waals surface area contributed by atoms with Crippen LogP contribution < -0.4 is 0 Å². The molecule has 0 saturated heterocycles. The van der Waals surface area contributed by atoms with Crippen LogP contribution in [0.15, 0.2) is 12.7 Å². The van der Waals surface area contributed by atoms with Crippen molar-refractivity contribution in [3.63, 3.8) is 0 Å². The Bertz CT molecular complexity index is 217. The molecule has 0 aromatic rings. The van der Waals surface area contributed by atoms with Crippen molar-refractivity contribution in [2.45, 2.75) is 32.0 Å². The fraction of sp³-hybridized carbons (Fsp3) is 0.714. The van der Waals surface area contributed by atoms with E-state index < -0.39 is 23.3 Å². The molecule has 0 heterocycles. The Morgan fingerprint density at radius 2 is 1.33 bits per heavy atom. The number of rotatable bonds is 3. The molecule has 0 aromatic heterocycles. The van der Waals surface area contributed by atoms with Gasteiger partial charge in [0, 0.05) is 5.06 Å². The SMILES string of the molecule is C=CC(C)(C)ON(C(F)(F)F)C(F)(F)F. The second-order valence-electron chi connectivity index (χ2n) is 3.13. The van der Waals surface area contributed by atoms with Crippen molar-refractivity contribution in [3.05, 3.63) is 12.7 Å². The van der Waals surface area contributed by atoms with Gasteiger partial charge in [-0.15, -0.1) is 6.58 Å². The van der Waals surface area contributed by atoms with E-state index in [-0.39, 0.29) is 0 Å². The summed E-state index contributed by atoms with van der Waals surface area (Å²) < 4.78 is 71.6. The molecule has 0 fully saturated rings. The number of nitrogens with zero attached hydrogens (tertiary/aromatic N) is 1. The summed E-state index contributed by atoms with van der Waals surface area (Å²) in [4.78, 5) is 3.78. The number of halogens is 6. The van der Waals surface area contributed by atoms with Crippen LogP contribution in [0, 0.1) is 0 Å². The van der Waals surface area contributed by atoms with Crippen LogP contribution in [0.3, 0.4) is 0 Å². The molecular formula is C7H9F6NO. The van der Waals surface area contributed by atoms with Crippen molar-refractivity contribution < 1.29 is 31.2 Å². The Kier molecular flexibility index (Phi) is 3.81. The lowest BCUT2D eigenvalue weighted by molar-refractivity contribution is -0.497. The summed E-state index contributed by atoms with van der Waals surface area (Å²) >= 11 is 0. The number of hydrogen-bond donors (Lipinski definition) is 0. The number of alkyl halides is 6. The highest BCUT2D eigenvalue weighted by Gasteiger charge is 2.57. The first-order chi connectivity index (χ1) is 6.40. The van der Waals surface area contributed by atoms with Crippen molar-refractivity contribution in [1.29, 1.82) is 0 Å². The van der Waals surface area contributed by atoms with Gasteiger partial charge < -0.3 is 0 Å². The van der Waals surface area contributed by atoms with Gasteiger partial charge >= 0.3 is 12.6 Å². The predicted molar refractivity (Wildman–Crippen MR) is 39.3 cm³/mol. The van der Waals surface area contributed by atoms with E-state index in [2.05, 4.69) is 11.4 Å². The quantitative estimate of drug-likeness (QED) is 0.323. The molecule has 0 aromatic carbocycles. The highest BCUT2D eigenvalue weighted by Crippen LogP contribution is 2.36. The van der Waals surface area contributed by atoms with E-state index in [1.807, 2.05) is 0 Å². The van der Waals surface area contributed by atoms with Gasteiger partial charge in [0.1, 0.15) is 5.60 Å². The van der Waals surface area contributed by atoms with Gasteiger partial charge in [0.2, 0.25) is 0 Å². The maximum absolute atomic E-state index is 11.9. The molecule has 0 N–H and O–H groups in total. The van der Waals surface area contributed by atoms with Gasteiger partial charge in [-0.05, 0) is 13.8 Å². The van der Waals surface area contributed by atoms with E-state index in [1.165, 1.54) is 0 Å². The summed E-state index contributed by atoms with van der Waals surface area (Å²) in [7, 11) is 0. The summed E-state index contributed by atoms with van der Waals surface area (Å²) in [5, 5.41) is -1.96. The molecule has 90 valence electrons. The second kappa shape index (κ2) is 4.01. The Morgan fingerprint density at radius 3 is 1.53 bits per heavy atom. The molecule has 0 rings (SSSR count). The third-order valence-corrected chi connectivity index (χ3v) is 1.28. The van der Waals surface area contributed by atoms with E-state index in [9.17, 15) is 26.3 Å². The fourth-order valence-corrected chi connectivity index (χ4v) is 0.520. The third kappa shape index (κ3) is 4.52. The molecule has 0 aliphatic rings. The zero-order valence-electron chi connectivity index (χ0n) is 7.91. The summed E-state index contributed by atoms with van der Waals surface area (Å²) in [6.07, 6.45) is -10.5. The zero-order chi connectivity index (χ0) is 12.5. The Labute approximate surface area is 82.1 Å². The predicted octanol–water partition coefficient (Wildman–Crippen LogP) is 3.22. The van der Waals surface area contributed by atoms with Crippen LogP contribution >= 0.6 is 0 Å². The number of hydroxylamine groups is 2. The maximum atomic E-state index is 11.9. The smallest absolute Gasteiger partial charge is 0.274 e. The molecule has 0 aliphatic carbocycles. The molecule has 0 spiro atoms. The standard InChI is InChI=1S/C7H9F6NO/c1-4-5(2,3)15-14(6(8,9)10)7(11,12)13/h4H,1H2,2-3H3. The third-order valence-electron chi connectivity index (χ3n) is 1.28. The normalized spacial score (nSPS) is 14.5. The van der Waals surface area contributed by atoms with Crippen LogP contribution in [-0.2, 0) is 4.84 Å². The van der Waals surface area contributed by atoms with Gasteiger partial charge in [-0.1, -0.05) is 6.08 Å². The van der Waals surface area contributed by atoms with Gasteiger partial charge in [-0.3, -0.25) is 4.84 Å². The summed E-state index contributed by atoms with van der Waals surface area (Å²) in [5.74, 6) is 0. The molecule has 15 heavy (non-hydrogen) atoms. The van der Waals surface area contributed by atoms with Crippen molar-refractivity contribution >= 4 is 0 Å². The summed E-state index contributed by atoms with van der Waals surface area (Å²) in [6.45, 7) is 5.10. The highest BCUT2D eigenvalue weighted by molar-refractivity contribution is 4.89. The van der Waals surface area contributed by atoms with E-state index in [0.29, 0.717) is 0 Å². The maximum Gasteiger partial charge on any atom is 0.490 e. The minimum Gasteiger partial charge on any atom is -0.274 e. The molecule has 0 unspecified atom stereocenters. The van der Waals surface area contributed by atoms with Crippen LogP contribution in [0.25, 0.3) is 0 Å². The fourth-order valence-electron chi connectivity index (χ4n) is 0.520. The van der Waals surface area contributed by atoms with Crippen molar-refractivity contribution in [2.75, 3.05) is 0 Å². The largest absolute Gasteiger partial charge is 0.490 e. The second-order valence-corrected chi connectivity index (χ2v) is 3.13. The van der Waals surface area contributed by atoms with Crippen LogP contribution in [0.5, 0.6) is 0 Å². The summed E-state index contributed by atoms with van der Waals surface area (Å²) in [5.41, 5.74) is -1.77. The lowest BCUT2D eigenvalue weighted by Crippen LogP contribution is -2.51. The molecule has 0 bridgehead atoms. The van der Waals surface area contributed by atoms with Gasteiger partial charge in [0.15, 0.2) is 0 Å². The Hall–Kier alpha value is -0.760. The molecule has 0 saturated carbocycles. The average molecular weight is 237 g/mol. The van der Waals surface area contributed by atoms with E-state index >= 15 is 0 Å². The van der Waals surface area contributed by atoms with Crippen LogP contribution in [0.1, 0.15) is 13.8 Å². The van der Waals surface area contributed by atoms with Crippen molar-refractivity contribution in [3.8, 4) is 0 Å². The highest BCUT2D eigenvalue weighted by atomic mass is 19.4. The minimum atomic E-state index is -5.65. The first kappa shape index (κ1) is 14.2. The summed E-state index contributed by atoms with van der Waals surface area (Å²) in [6, 6.07) is 0. The lowest BCUT2D eigenvalue weighted by Gasteiger charge is -2.32. The lowest BCUT2D eigenvalue weighted by atomic mass is 10.1. The van der Waals surface area contributed by atoms with Crippen LogP contribution in [-0.4, -0.2) is 23.3 Å². The van der Waals surface area contributed by atoms with Gasteiger partial charge in [0.05, 0.1) is 0 Å². The molecule has 0 aliphatic heterocycles. The molecular weight excluding hydrogens is 228 g/mol. The first-order valence-corrected chi connectivity index (χ1v) is 3.66. The molecule has 0 radical (unpaired) electrons. The van der Waals surface area contributed by atoms with Gasteiger partial charge in [0.25, 0.3) is 0 Å². The van der Waals surface area contributed by atoms with Gasteiger partial charge in [-0.2, -0.15) is 26.3 Å². The van der Waals surface area contributed by atoms with Crippen LogP contribution in [0.2, 0.25) is 0 Å². The van der Waals surface area contributed by atoms with Crippen LogP contribution in [0.4, 0.5) is 26.3 Å². The molecule has 8 heteroatoms. The zero-order valence-corrected chi connectivity index (χ0v) is 7.91. The minimum absolute atomic E-state index is 0.831. The Balaban J connectivity index is 4.93.